The first kappa shape index (κ1) is 16.0. The van der Waals surface area contributed by atoms with Gasteiger partial charge in [-0.2, -0.15) is 0 Å². The third kappa shape index (κ3) is 3.65. The highest BCUT2D eigenvalue weighted by Crippen LogP contribution is 2.27. The molecule has 21 heavy (non-hydrogen) atoms. The van der Waals surface area contributed by atoms with E-state index in [1.165, 1.54) is 11.1 Å². The Balaban J connectivity index is 2.18. The standard InChI is InChI=1S/C18H28N2O/c1-5-14-7-9-15(10-8-14)17-19-16(6-2)18(21)20(17)12-11-13(3)4/h7-10,13,16-17,19H,5-6,11-12H2,1-4H3. The Morgan fingerprint density at radius 3 is 2.38 bits per heavy atom. The van der Waals surface area contributed by atoms with Gasteiger partial charge < -0.3 is 4.90 Å². The maximum Gasteiger partial charge on any atom is 0.241 e. The molecule has 1 aromatic carbocycles. The second-order valence-electron chi connectivity index (χ2n) is 6.34. The third-order valence-electron chi connectivity index (χ3n) is 4.31. The summed E-state index contributed by atoms with van der Waals surface area (Å²) in [6, 6.07) is 8.62. The van der Waals surface area contributed by atoms with Gasteiger partial charge in [-0.1, -0.05) is 52.0 Å². The lowest BCUT2D eigenvalue weighted by atomic mass is 10.1. The summed E-state index contributed by atoms with van der Waals surface area (Å²) in [6.45, 7) is 9.47. The van der Waals surface area contributed by atoms with Crippen LogP contribution in [0.4, 0.5) is 0 Å². The van der Waals surface area contributed by atoms with Crippen molar-refractivity contribution in [3.8, 4) is 0 Å². The molecule has 1 heterocycles. The summed E-state index contributed by atoms with van der Waals surface area (Å²) in [7, 11) is 0. The van der Waals surface area contributed by atoms with Gasteiger partial charge in [-0.3, -0.25) is 10.1 Å². The van der Waals surface area contributed by atoms with Crippen LogP contribution in [0.1, 0.15) is 57.8 Å². The largest absolute Gasteiger partial charge is 0.322 e. The number of hydrogen-bond donors (Lipinski definition) is 1. The molecule has 0 saturated carbocycles. The first-order chi connectivity index (χ1) is 10.1. The molecule has 0 spiro atoms. The van der Waals surface area contributed by atoms with Crippen molar-refractivity contribution in [1.29, 1.82) is 0 Å². The van der Waals surface area contributed by atoms with Crippen LogP contribution in [-0.2, 0) is 11.2 Å². The molecule has 0 bridgehead atoms. The van der Waals surface area contributed by atoms with Gasteiger partial charge in [0.05, 0.1) is 6.04 Å². The van der Waals surface area contributed by atoms with E-state index in [1.807, 2.05) is 4.90 Å². The number of nitrogens with one attached hydrogen (secondary N) is 1. The van der Waals surface area contributed by atoms with E-state index < -0.39 is 0 Å². The van der Waals surface area contributed by atoms with Crippen LogP contribution in [0.2, 0.25) is 0 Å². The van der Waals surface area contributed by atoms with Crippen LogP contribution < -0.4 is 5.32 Å². The first-order valence-corrected chi connectivity index (χ1v) is 8.22. The summed E-state index contributed by atoms with van der Waals surface area (Å²) < 4.78 is 0. The van der Waals surface area contributed by atoms with E-state index in [9.17, 15) is 4.79 Å². The molecule has 0 aromatic heterocycles. The van der Waals surface area contributed by atoms with E-state index in [0.717, 1.165) is 25.8 Å². The van der Waals surface area contributed by atoms with Crippen molar-refractivity contribution in [3.63, 3.8) is 0 Å². The highest BCUT2D eigenvalue weighted by molar-refractivity contribution is 5.84. The maximum absolute atomic E-state index is 12.5. The molecule has 1 aliphatic heterocycles. The van der Waals surface area contributed by atoms with Gasteiger partial charge in [-0.25, -0.2) is 0 Å². The lowest BCUT2D eigenvalue weighted by molar-refractivity contribution is -0.130. The molecule has 2 rings (SSSR count). The van der Waals surface area contributed by atoms with Gasteiger partial charge in [0.15, 0.2) is 0 Å². The zero-order chi connectivity index (χ0) is 15.4. The van der Waals surface area contributed by atoms with E-state index in [0.29, 0.717) is 5.92 Å². The number of carbonyl (C=O) groups is 1. The molecule has 1 fully saturated rings. The Hall–Kier alpha value is -1.35. The molecule has 3 nitrogen and oxygen atoms in total. The number of aryl methyl sites for hydroxylation is 1. The fourth-order valence-corrected chi connectivity index (χ4v) is 2.82. The van der Waals surface area contributed by atoms with E-state index in [4.69, 9.17) is 0 Å². The van der Waals surface area contributed by atoms with Crippen molar-refractivity contribution in [2.45, 2.75) is 59.2 Å². The minimum atomic E-state index is -0.0342. The number of nitrogens with zero attached hydrogens (tertiary/aromatic N) is 1. The highest BCUT2D eigenvalue weighted by Gasteiger charge is 2.38. The summed E-state index contributed by atoms with van der Waals surface area (Å²) in [4.78, 5) is 14.5. The molecule has 2 atom stereocenters. The minimum Gasteiger partial charge on any atom is -0.322 e. The second kappa shape index (κ2) is 7.08. The molecule has 0 radical (unpaired) electrons. The van der Waals surface area contributed by atoms with E-state index in [2.05, 4.69) is 57.3 Å². The van der Waals surface area contributed by atoms with Crippen molar-refractivity contribution < 1.29 is 4.79 Å². The Bertz CT molecular complexity index is 467. The molecular weight excluding hydrogens is 260 g/mol. The topological polar surface area (TPSA) is 32.3 Å². The number of benzene rings is 1. The van der Waals surface area contributed by atoms with E-state index in [1.54, 1.807) is 0 Å². The monoisotopic (exact) mass is 288 g/mol. The van der Waals surface area contributed by atoms with Crippen molar-refractivity contribution in [2.24, 2.45) is 5.92 Å². The summed E-state index contributed by atoms with van der Waals surface area (Å²) in [5.74, 6) is 0.865. The van der Waals surface area contributed by atoms with Gasteiger partial charge in [-0.05, 0) is 36.3 Å². The van der Waals surface area contributed by atoms with Crippen molar-refractivity contribution in [2.75, 3.05) is 6.54 Å². The van der Waals surface area contributed by atoms with Crippen LogP contribution >= 0.6 is 0 Å². The first-order valence-electron chi connectivity index (χ1n) is 8.22. The SMILES string of the molecule is CCc1ccc(C2NC(CC)C(=O)N2CCC(C)C)cc1. The Morgan fingerprint density at radius 1 is 1.19 bits per heavy atom. The molecule has 3 heteroatoms. The summed E-state index contributed by atoms with van der Waals surface area (Å²) in [6.07, 6.45) is 2.98. The normalized spacial score (nSPS) is 22.3. The lowest BCUT2D eigenvalue weighted by Gasteiger charge is -2.25. The fourth-order valence-electron chi connectivity index (χ4n) is 2.82. The molecule has 1 aliphatic rings. The Kier molecular flexibility index (Phi) is 5.40. The highest BCUT2D eigenvalue weighted by atomic mass is 16.2. The zero-order valence-electron chi connectivity index (χ0n) is 13.7. The molecule has 1 saturated heterocycles. The van der Waals surface area contributed by atoms with Gasteiger partial charge in [0.2, 0.25) is 5.91 Å². The Labute approximate surface area is 128 Å². The second-order valence-corrected chi connectivity index (χ2v) is 6.34. The van der Waals surface area contributed by atoms with Crippen LogP contribution in [0.5, 0.6) is 0 Å². The number of hydrogen-bond acceptors (Lipinski definition) is 2. The van der Waals surface area contributed by atoms with Gasteiger partial charge in [0.25, 0.3) is 0 Å². The van der Waals surface area contributed by atoms with Crippen molar-refractivity contribution in [1.82, 2.24) is 10.2 Å². The third-order valence-corrected chi connectivity index (χ3v) is 4.31. The minimum absolute atomic E-state index is 0.0342. The fraction of sp³-hybridized carbons (Fsp3) is 0.611. The molecule has 1 aromatic rings. The van der Waals surface area contributed by atoms with Crippen LogP contribution in [-0.4, -0.2) is 23.4 Å². The lowest BCUT2D eigenvalue weighted by Crippen LogP contribution is -2.32. The predicted molar refractivity (Wildman–Crippen MR) is 86.9 cm³/mol. The molecule has 0 aliphatic carbocycles. The average Bonchev–Trinajstić information content (AvgIpc) is 2.81. The van der Waals surface area contributed by atoms with Gasteiger partial charge in [-0.15, -0.1) is 0 Å². The average molecular weight is 288 g/mol. The molecule has 1 N–H and O–H groups in total. The van der Waals surface area contributed by atoms with E-state index in [-0.39, 0.29) is 18.1 Å². The van der Waals surface area contributed by atoms with Crippen LogP contribution in [0.25, 0.3) is 0 Å². The molecule has 1 amide bonds. The quantitative estimate of drug-likeness (QED) is 0.869. The smallest absolute Gasteiger partial charge is 0.241 e. The summed E-state index contributed by atoms with van der Waals surface area (Å²) >= 11 is 0. The number of carbonyl (C=O) groups excluding carboxylic acids is 1. The zero-order valence-corrected chi connectivity index (χ0v) is 13.7. The van der Waals surface area contributed by atoms with Crippen LogP contribution in [0.15, 0.2) is 24.3 Å². The summed E-state index contributed by atoms with van der Waals surface area (Å²) in [5.41, 5.74) is 2.53. The molecule has 116 valence electrons. The van der Waals surface area contributed by atoms with Crippen LogP contribution in [0.3, 0.4) is 0 Å². The maximum atomic E-state index is 12.5. The van der Waals surface area contributed by atoms with Gasteiger partial charge >= 0.3 is 0 Å². The van der Waals surface area contributed by atoms with E-state index >= 15 is 0 Å². The van der Waals surface area contributed by atoms with Gasteiger partial charge in [0, 0.05) is 6.54 Å². The van der Waals surface area contributed by atoms with Gasteiger partial charge in [0.1, 0.15) is 6.17 Å². The van der Waals surface area contributed by atoms with Crippen LogP contribution in [0, 0.1) is 5.92 Å². The molecular formula is C18H28N2O. The summed E-state index contributed by atoms with van der Waals surface area (Å²) in [5, 5.41) is 3.49. The number of rotatable bonds is 6. The number of amides is 1. The molecule has 2 unspecified atom stereocenters. The Morgan fingerprint density at radius 2 is 1.86 bits per heavy atom. The predicted octanol–water partition coefficient (Wildman–Crippen LogP) is 3.50. The van der Waals surface area contributed by atoms with Crippen molar-refractivity contribution in [3.05, 3.63) is 35.4 Å². The van der Waals surface area contributed by atoms with Crippen molar-refractivity contribution >= 4 is 5.91 Å².